The average molecular weight is 252 g/mol. The molecule has 0 spiro atoms. The molecule has 0 aromatic heterocycles. The highest BCUT2D eigenvalue weighted by molar-refractivity contribution is 6.17. The van der Waals surface area contributed by atoms with Crippen molar-refractivity contribution in [2.24, 2.45) is 0 Å². The molecule has 0 saturated heterocycles. The van der Waals surface area contributed by atoms with E-state index in [4.69, 9.17) is 11.6 Å². The zero-order valence-corrected chi connectivity index (χ0v) is 11.1. The Hall–Kier alpha value is -1.15. The Morgan fingerprint density at radius 3 is 2.12 bits per heavy atom. The van der Waals surface area contributed by atoms with Crippen LogP contribution in [0.15, 0.2) is 0 Å². The van der Waals surface area contributed by atoms with Crippen LogP contribution in [0.2, 0.25) is 0 Å². The van der Waals surface area contributed by atoms with Crippen LogP contribution in [0.25, 0.3) is 0 Å². The normalized spacial score (nSPS) is 10.4. The first-order valence-electron chi connectivity index (χ1n) is 5.53. The molecule has 1 aromatic rings. The van der Waals surface area contributed by atoms with Gasteiger partial charge < -0.3 is 4.79 Å². The lowest BCUT2D eigenvalue weighted by Crippen LogP contribution is -2.08. The highest BCUT2D eigenvalue weighted by atomic mass is 35.5. The maximum atomic E-state index is 10.7. The molecule has 0 atom stereocenters. The standard InChI is InChI=1S/C14H16ClO2/c1-9-10(2)13(5-7-17)14(8-15)11(3)12(9)4-6-16/h6H,4-5,8H2,1-3H3. The Morgan fingerprint density at radius 1 is 1.06 bits per heavy atom. The predicted molar refractivity (Wildman–Crippen MR) is 69.4 cm³/mol. The van der Waals surface area contributed by atoms with Gasteiger partial charge in [0.15, 0.2) is 0 Å². The van der Waals surface area contributed by atoms with Gasteiger partial charge in [-0.3, -0.25) is 4.79 Å². The summed E-state index contributed by atoms with van der Waals surface area (Å²) in [6.45, 7) is 5.90. The van der Waals surface area contributed by atoms with Crippen molar-refractivity contribution in [2.75, 3.05) is 0 Å². The van der Waals surface area contributed by atoms with Gasteiger partial charge in [-0.2, -0.15) is 0 Å². The van der Waals surface area contributed by atoms with Crippen molar-refractivity contribution in [3.05, 3.63) is 33.4 Å². The summed E-state index contributed by atoms with van der Waals surface area (Å²) < 4.78 is 0. The number of carbonyl (C=O) groups excluding carboxylic acids is 2. The van der Waals surface area contributed by atoms with Crippen molar-refractivity contribution in [1.29, 1.82) is 0 Å². The number of hydrogen-bond acceptors (Lipinski definition) is 2. The third kappa shape index (κ3) is 2.58. The van der Waals surface area contributed by atoms with Gasteiger partial charge in [-0.05, 0) is 54.2 Å². The molecule has 0 heterocycles. The van der Waals surface area contributed by atoms with E-state index in [0.29, 0.717) is 12.3 Å². The topological polar surface area (TPSA) is 34.1 Å². The van der Waals surface area contributed by atoms with Crippen LogP contribution in [0.1, 0.15) is 33.4 Å². The zero-order chi connectivity index (χ0) is 13.0. The first-order chi connectivity index (χ1) is 8.08. The molecular weight excluding hydrogens is 236 g/mol. The van der Waals surface area contributed by atoms with E-state index in [-0.39, 0.29) is 6.42 Å². The van der Waals surface area contributed by atoms with Gasteiger partial charge in [0, 0.05) is 18.7 Å². The molecule has 2 nitrogen and oxygen atoms in total. The monoisotopic (exact) mass is 251 g/mol. The van der Waals surface area contributed by atoms with Crippen LogP contribution >= 0.6 is 11.6 Å². The predicted octanol–water partition coefficient (Wildman–Crippen LogP) is 2.74. The van der Waals surface area contributed by atoms with E-state index in [1.807, 2.05) is 27.1 Å². The van der Waals surface area contributed by atoms with Gasteiger partial charge in [0.1, 0.15) is 6.29 Å². The molecule has 0 N–H and O–H groups in total. The maximum Gasteiger partial charge on any atom is 0.203 e. The van der Waals surface area contributed by atoms with Crippen LogP contribution in [0.3, 0.4) is 0 Å². The van der Waals surface area contributed by atoms with Gasteiger partial charge in [-0.1, -0.05) is 0 Å². The lowest BCUT2D eigenvalue weighted by molar-refractivity contribution is -0.107. The number of hydrogen-bond donors (Lipinski definition) is 0. The fraction of sp³-hybridized carbons (Fsp3) is 0.429. The van der Waals surface area contributed by atoms with Crippen LogP contribution in [0.4, 0.5) is 0 Å². The molecule has 0 aliphatic carbocycles. The first kappa shape index (κ1) is 13.9. The average Bonchev–Trinajstić information content (AvgIpc) is 2.32. The van der Waals surface area contributed by atoms with E-state index >= 15 is 0 Å². The van der Waals surface area contributed by atoms with Gasteiger partial charge in [0.25, 0.3) is 0 Å². The van der Waals surface area contributed by atoms with Crippen LogP contribution in [0, 0.1) is 20.8 Å². The number of rotatable bonds is 5. The number of carbonyl (C=O) groups is 1. The minimum atomic E-state index is 0.261. The van der Waals surface area contributed by atoms with E-state index in [0.717, 1.165) is 39.7 Å². The van der Waals surface area contributed by atoms with Gasteiger partial charge in [0.2, 0.25) is 6.29 Å². The Kier molecular flexibility index (Phi) is 4.88. The van der Waals surface area contributed by atoms with E-state index < -0.39 is 0 Å². The quantitative estimate of drug-likeness (QED) is 0.596. The molecule has 3 heteroatoms. The Morgan fingerprint density at radius 2 is 1.65 bits per heavy atom. The van der Waals surface area contributed by atoms with Crippen molar-refractivity contribution in [3.63, 3.8) is 0 Å². The summed E-state index contributed by atoms with van der Waals surface area (Å²) in [6.07, 6.45) is 3.49. The van der Waals surface area contributed by atoms with Crippen molar-refractivity contribution in [3.8, 4) is 0 Å². The summed E-state index contributed by atoms with van der Waals surface area (Å²) in [5.41, 5.74) is 6.11. The largest absolute Gasteiger partial charge is 0.303 e. The number of benzene rings is 1. The molecule has 1 aromatic carbocycles. The number of alkyl halides is 1. The van der Waals surface area contributed by atoms with Crippen molar-refractivity contribution < 1.29 is 9.59 Å². The molecule has 0 bridgehead atoms. The summed E-state index contributed by atoms with van der Waals surface area (Å²) >= 11 is 5.95. The minimum absolute atomic E-state index is 0.261. The summed E-state index contributed by atoms with van der Waals surface area (Å²) in [7, 11) is 0. The van der Waals surface area contributed by atoms with E-state index in [1.165, 1.54) is 0 Å². The van der Waals surface area contributed by atoms with Crippen LogP contribution in [-0.2, 0) is 28.3 Å². The summed E-state index contributed by atoms with van der Waals surface area (Å²) in [4.78, 5) is 21.3. The molecule has 0 unspecified atom stereocenters. The fourth-order valence-electron chi connectivity index (χ4n) is 2.25. The third-order valence-electron chi connectivity index (χ3n) is 3.41. The Labute approximate surface area is 107 Å². The molecule has 1 radical (unpaired) electrons. The lowest BCUT2D eigenvalue weighted by atomic mass is 9.87. The molecule has 0 saturated carbocycles. The molecule has 0 aliphatic heterocycles. The Balaban J connectivity index is 3.54. The van der Waals surface area contributed by atoms with Crippen molar-refractivity contribution >= 4 is 24.2 Å². The highest BCUT2D eigenvalue weighted by Gasteiger charge is 2.16. The number of halogens is 1. The van der Waals surface area contributed by atoms with Crippen molar-refractivity contribution in [2.45, 2.75) is 39.5 Å². The summed E-state index contributed by atoms with van der Waals surface area (Å²) in [5, 5.41) is 0. The molecule has 0 aliphatic rings. The fourth-order valence-corrected chi connectivity index (χ4v) is 2.61. The van der Waals surface area contributed by atoms with E-state index in [1.54, 1.807) is 0 Å². The second kappa shape index (κ2) is 5.97. The third-order valence-corrected chi connectivity index (χ3v) is 3.67. The van der Waals surface area contributed by atoms with Gasteiger partial charge in [0.05, 0.1) is 0 Å². The molecule has 17 heavy (non-hydrogen) atoms. The smallest absolute Gasteiger partial charge is 0.203 e. The SMILES string of the molecule is Cc1c(C)c(C[C]=O)c(CCl)c(C)c1CC=O. The molecular formula is C14H16ClO2. The molecule has 1 rings (SSSR count). The second-order valence-electron chi connectivity index (χ2n) is 4.14. The van der Waals surface area contributed by atoms with E-state index in [9.17, 15) is 9.59 Å². The Bertz CT molecular complexity index is 450. The maximum absolute atomic E-state index is 10.7. The second-order valence-corrected chi connectivity index (χ2v) is 4.40. The van der Waals surface area contributed by atoms with E-state index in [2.05, 4.69) is 0 Å². The van der Waals surface area contributed by atoms with Gasteiger partial charge in [-0.15, -0.1) is 11.6 Å². The van der Waals surface area contributed by atoms with Crippen molar-refractivity contribution in [1.82, 2.24) is 0 Å². The van der Waals surface area contributed by atoms with Crippen LogP contribution < -0.4 is 0 Å². The lowest BCUT2D eigenvalue weighted by Gasteiger charge is -2.19. The highest BCUT2D eigenvalue weighted by Crippen LogP contribution is 2.28. The summed E-state index contributed by atoms with van der Waals surface area (Å²) in [5.74, 6) is 0.357. The van der Waals surface area contributed by atoms with Crippen LogP contribution in [-0.4, -0.2) is 12.6 Å². The first-order valence-corrected chi connectivity index (χ1v) is 6.06. The minimum Gasteiger partial charge on any atom is -0.303 e. The molecule has 0 amide bonds. The molecule has 91 valence electrons. The number of aldehydes is 1. The molecule has 0 fully saturated rings. The van der Waals surface area contributed by atoms with Crippen LogP contribution in [0.5, 0.6) is 0 Å². The van der Waals surface area contributed by atoms with Gasteiger partial charge >= 0.3 is 0 Å². The summed E-state index contributed by atoms with van der Waals surface area (Å²) in [6, 6.07) is 0. The zero-order valence-electron chi connectivity index (χ0n) is 10.4. The van der Waals surface area contributed by atoms with Gasteiger partial charge in [-0.25, -0.2) is 0 Å².